The van der Waals surface area contributed by atoms with Gasteiger partial charge in [-0.3, -0.25) is 14.9 Å². The topological polar surface area (TPSA) is 81.5 Å². The fraction of sp³-hybridized carbons (Fsp3) is 0.611. The molecule has 128 valence electrons. The summed E-state index contributed by atoms with van der Waals surface area (Å²) in [4.78, 5) is 23.6. The number of non-ortho nitro benzene ring substituents is 1. The summed E-state index contributed by atoms with van der Waals surface area (Å²) in [6.07, 6.45) is 6.73. The minimum Gasteiger partial charge on any atom is -0.496 e. The van der Waals surface area contributed by atoms with E-state index < -0.39 is 4.92 Å². The highest BCUT2D eigenvalue weighted by Crippen LogP contribution is 2.60. The smallest absolute Gasteiger partial charge is 0.275 e. The van der Waals surface area contributed by atoms with Gasteiger partial charge in [-0.25, -0.2) is 0 Å². The second-order valence-electron chi connectivity index (χ2n) is 7.83. The number of ether oxygens (including phenoxy) is 1. The monoisotopic (exact) mass is 330 g/mol. The minimum atomic E-state index is -0.469. The van der Waals surface area contributed by atoms with Gasteiger partial charge in [0.15, 0.2) is 0 Å². The van der Waals surface area contributed by atoms with Crippen molar-refractivity contribution in [2.75, 3.05) is 12.4 Å². The zero-order valence-electron chi connectivity index (χ0n) is 13.8. The van der Waals surface area contributed by atoms with E-state index in [9.17, 15) is 14.9 Å². The van der Waals surface area contributed by atoms with Crippen LogP contribution in [0.25, 0.3) is 0 Å². The highest BCUT2D eigenvalue weighted by atomic mass is 16.6. The van der Waals surface area contributed by atoms with Gasteiger partial charge in [-0.2, -0.15) is 0 Å². The summed E-state index contributed by atoms with van der Waals surface area (Å²) < 4.78 is 5.12. The quantitative estimate of drug-likeness (QED) is 0.673. The molecule has 0 heterocycles. The molecule has 1 N–H and O–H groups in total. The molecule has 4 aliphatic carbocycles. The van der Waals surface area contributed by atoms with Crippen molar-refractivity contribution in [2.45, 2.75) is 38.5 Å². The number of benzene rings is 1. The number of methoxy groups -OCH3 is 1. The van der Waals surface area contributed by atoms with Gasteiger partial charge < -0.3 is 10.1 Å². The second-order valence-corrected chi connectivity index (χ2v) is 7.83. The van der Waals surface area contributed by atoms with Crippen molar-refractivity contribution in [3.05, 3.63) is 28.3 Å². The van der Waals surface area contributed by atoms with E-state index in [1.54, 1.807) is 6.07 Å². The molecule has 1 amide bonds. The Balaban J connectivity index is 1.58. The molecule has 0 aliphatic heterocycles. The van der Waals surface area contributed by atoms with Crippen LogP contribution >= 0.6 is 0 Å². The number of nitrogens with zero attached hydrogens (tertiary/aromatic N) is 1. The molecule has 4 fully saturated rings. The number of rotatable bonds is 4. The molecule has 0 unspecified atom stereocenters. The maximum Gasteiger partial charge on any atom is 0.275 e. The van der Waals surface area contributed by atoms with Crippen molar-refractivity contribution < 1.29 is 14.5 Å². The number of nitrogens with one attached hydrogen (secondary N) is 1. The number of carbonyl (C=O) groups is 1. The normalized spacial score (nSPS) is 33.3. The van der Waals surface area contributed by atoms with Gasteiger partial charge in [-0.1, -0.05) is 0 Å². The average molecular weight is 330 g/mol. The number of hydrogen-bond donors (Lipinski definition) is 1. The number of nitro benzene ring substituents is 1. The summed E-state index contributed by atoms with van der Waals surface area (Å²) >= 11 is 0. The fourth-order valence-corrected chi connectivity index (χ4v) is 5.53. The largest absolute Gasteiger partial charge is 0.496 e. The van der Waals surface area contributed by atoms with E-state index in [0.717, 1.165) is 19.3 Å². The Hall–Kier alpha value is -2.11. The van der Waals surface area contributed by atoms with Gasteiger partial charge >= 0.3 is 0 Å². The van der Waals surface area contributed by atoms with Crippen LogP contribution in [-0.2, 0) is 4.79 Å². The average Bonchev–Trinajstić information content (AvgIpc) is 2.53. The first-order valence-corrected chi connectivity index (χ1v) is 8.62. The Labute approximate surface area is 140 Å². The van der Waals surface area contributed by atoms with Gasteiger partial charge in [0.25, 0.3) is 5.69 Å². The molecule has 24 heavy (non-hydrogen) atoms. The van der Waals surface area contributed by atoms with Crippen molar-refractivity contribution in [2.24, 2.45) is 23.2 Å². The first-order chi connectivity index (χ1) is 11.5. The van der Waals surface area contributed by atoms with Crippen LogP contribution < -0.4 is 10.1 Å². The van der Waals surface area contributed by atoms with Crippen LogP contribution in [-0.4, -0.2) is 17.9 Å². The molecule has 1 aromatic carbocycles. The van der Waals surface area contributed by atoms with E-state index in [1.807, 2.05) is 0 Å². The first kappa shape index (κ1) is 15.4. The van der Waals surface area contributed by atoms with Crippen LogP contribution in [0.3, 0.4) is 0 Å². The zero-order valence-corrected chi connectivity index (χ0v) is 13.8. The van der Waals surface area contributed by atoms with Gasteiger partial charge in [-0.05, 0) is 56.3 Å². The van der Waals surface area contributed by atoms with Crippen LogP contribution in [0.1, 0.15) is 38.5 Å². The number of hydrogen-bond acceptors (Lipinski definition) is 4. The maximum absolute atomic E-state index is 13.0. The third kappa shape index (κ3) is 2.54. The third-order valence-corrected chi connectivity index (χ3v) is 6.12. The summed E-state index contributed by atoms with van der Waals surface area (Å²) in [7, 11) is 1.46. The van der Waals surface area contributed by atoms with Crippen LogP contribution in [0.15, 0.2) is 18.2 Å². The summed E-state index contributed by atoms with van der Waals surface area (Å²) in [6.45, 7) is 0. The van der Waals surface area contributed by atoms with E-state index in [4.69, 9.17) is 4.74 Å². The molecule has 6 nitrogen and oxygen atoms in total. The molecular formula is C18H22N2O4. The van der Waals surface area contributed by atoms with Crippen molar-refractivity contribution in [3.8, 4) is 5.75 Å². The lowest BCUT2D eigenvalue weighted by atomic mass is 9.49. The molecule has 0 spiro atoms. The summed E-state index contributed by atoms with van der Waals surface area (Å²) in [5.74, 6) is 2.46. The number of carbonyl (C=O) groups excluding carboxylic acids is 1. The van der Waals surface area contributed by atoms with Crippen molar-refractivity contribution >= 4 is 17.3 Å². The Bertz CT molecular complexity index is 665. The highest BCUT2D eigenvalue weighted by molar-refractivity contribution is 5.96. The molecule has 4 bridgehead atoms. The first-order valence-electron chi connectivity index (χ1n) is 8.62. The Morgan fingerprint density at radius 1 is 1.17 bits per heavy atom. The lowest BCUT2D eigenvalue weighted by Gasteiger charge is -2.55. The van der Waals surface area contributed by atoms with Crippen LogP contribution in [0.4, 0.5) is 11.4 Å². The molecular weight excluding hydrogens is 308 g/mol. The van der Waals surface area contributed by atoms with Crippen molar-refractivity contribution in [1.29, 1.82) is 0 Å². The Morgan fingerprint density at radius 2 is 1.75 bits per heavy atom. The molecule has 5 rings (SSSR count). The Morgan fingerprint density at radius 3 is 2.25 bits per heavy atom. The lowest BCUT2D eigenvalue weighted by Crippen LogP contribution is -2.51. The van der Waals surface area contributed by atoms with Crippen LogP contribution in [0, 0.1) is 33.3 Å². The van der Waals surface area contributed by atoms with Gasteiger partial charge in [0, 0.05) is 12.1 Å². The molecule has 4 saturated carbocycles. The van der Waals surface area contributed by atoms with Crippen LogP contribution in [0.5, 0.6) is 5.75 Å². The minimum absolute atomic E-state index is 0.0316. The zero-order chi connectivity index (χ0) is 16.9. The van der Waals surface area contributed by atoms with E-state index in [1.165, 1.54) is 38.5 Å². The number of nitro groups is 1. The molecule has 0 aromatic heterocycles. The van der Waals surface area contributed by atoms with Crippen molar-refractivity contribution in [1.82, 2.24) is 0 Å². The molecule has 4 aliphatic rings. The molecule has 0 radical (unpaired) electrons. The lowest BCUT2D eigenvalue weighted by molar-refractivity contribution is -0.384. The molecule has 0 atom stereocenters. The molecule has 6 heteroatoms. The van der Waals surface area contributed by atoms with Crippen LogP contribution in [0.2, 0.25) is 0 Å². The second kappa shape index (κ2) is 5.46. The summed E-state index contributed by atoms with van der Waals surface area (Å²) in [5, 5.41) is 14.0. The maximum atomic E-state index is 13.0. The van der Waals surface area contributed by atoms with E-state index in [0.29, 0.717) is 29.2 Å². The highest BCUT2D eigenvalue weighted by Gasteiger charge is 2.54. The van der Waals surface area contributed by atoms with E-state index >= 15 is 0 Å². The fourth-order valence-electron chi connectivity index (χ4n) is 5.53. The van der Waals surface area contributed by atoms with Gasteiger partial charge in [0.2, 0.25) is 5.91 Å². The summed E-state index contributed by atoms with van der Waals surface area (Å²) in [6, 6.07) is 4.41. The number of amides is 1. The van der Waals surface area contributed by atoms with E-state index in [2.05, 4.69) is 5.32 Å². The summed E-state index contributed by atoms with van der Waals surface area (Å²) in [5.41, 5.74) is 0.101. The van der Waals surface area contributed by atoms with E-state index in [-0.39, 0.29) is 17.0 Å². The third-order valence-electron chi connectivity index (χ3n) is 6.12. The van der Waals surface area contributed by atoms with Gasteiger partial charge in [-0.15, -0.1) is 0 Å². The Kier molecular flexibility index (Phi) is 3.51. The number of anilines is 1. The van der Waals surface area contributed by atoms with Gasteiger partial charge in [0.1, 0.15) is 5.75 Å². The van der Waals surface area contributed by atoms with Gasteiger partial charge in [0.05, 0.1) is 29.2 Å². The molecule has 0 saturated heterocycles. The molecule has 1 aromatic rings. The standard InChI is InChI=1S/C18H22N2O4/c1-24-16-6-14(5-15(7-16)20(22)23)19-17(21)18-8-11-2-12(9-18)4-13(3-11)10-18/h5-7,11-13H,2-4,8-10H2,1H3,(H,19,21). The SMILES string of the molecule is COc1cc(NC(=O)C23CC4CC(CC(C4)C2)C3)cc([N+](=O)[O-])c1. The van der Waals surface area contributed by atoms with Crippen molar-refractivity contribution in [3.63, 3.8) is 0 Å². The predicted molar refractivity (Wildman–Crippen MR) is 88.9 cm³/mol. The predicted octanol–water partition coefficient (Wildman–Crippen LogP) is 3.76.